The van der Waals surface area contributed by atoms with Crippen LogP contribution in [0.4, 0.5) is 0 Å². The molecule has 3 rings (SSSR count). The summed E-state index contributed by atoms with van der Waals surface area (Å²) in [5.74, 6) is 0.691. The number of rotatable bonds is 2. The lowest BCUT2D eigenvalue weighted by Gasteiger charge is -2.44. The number of hydrogen-bond donors (Lipinski definition) is 0. The van der Waals surface area contributed by atoms with Crippen LogP contribution in [0, 0.1) is 0 Å². The van der Waals surface area contributed by atoms with E-state index in [4.69, 9.17) is 0 Å². The van der Waals surface area contributed by atoms with Crippen LogP contribution in [0.15, 0.2) is 24.3 Å². The summed E-state index contributed by atoms with van der Waals surface area (Å²) in [6, 6.07) is 10.6. The van der Waals surface area contributed by atoms with Crippen LogP contribution in [0.5, 0.6) is 0 Å². The van der Waals surface area contributed by atoms with Crippen molar-refractivity contribution in [2.45, 2.75) is 50.6 Å². The maximum absolute atomic E-state index is 2.76. The Bertz CT molecular complexity index is 446. The topological polar surface area (TPSA) is 6.48 Å². The molecule has 1 heterocycles. The Hall–Kier alpha value is -0.860. The Morgan fingerprint density at radius 2 is 1.75 bits per heavy atom. The van der Waals surface area contributed by atoms with Gasteiger partial charge in [-0.05, 0) is 69.9 Å². The number of nitrogens with zero attached hydrogens (tertiary/aromatic N) is 2. The van der Waals surface area contributed by atoms with Gasteiger partial charge in [0.15, 0.2) is 0 Å². The number of aryl methyl sites for hydroxylation is 1. The predicted octanol–water partition coefficient (Wildman–Crippen LogP) is 3.13. The summed E-state index contributed by atoms with van der Waals surface area (Å²) in [6.45, 7) is 4.99. The van der Waals surface area contributed by atoms with Gasteiger partial charge in [-0.15, -0.1) is 0 Å². The van der Waals surface area contributed by atoms with Crippen molar-refractivity contribution in [3.8, 4) is 0 Å². The van der Waals surface area contributed by atoms with E-state index in [2.05, 4.69) is 55.1 Å². The van der Waals surface area contributed by atoms with Gasteiger partial charge in [-0.3, -0.25) is 4.90 Å². The molecular formula is C18H28N2. The SMILES string of the molecule is CC1c2ccccc2CCC1N1CCC(N(C)C)CC1. The monoisotopic (exact) mass is 272 g/mol. The van der Waals surface area contributed by atoms with Gasteiger partial charge >= 0.3 is 0 Å². The molecule has 1 aromatic rings. The van der Waals surface area contributed by atoms with E-state index < -0.39 is 0 Å². The number of piperidine rings is 1. The lowest BCUT2D eigenvalue weighted by molar-refractivity contribution is 0.0901. The summed E-state index contributed by atoms with van der Waals surface area (Å²) in [7, 11) is 4.44. The quantitative estimate of drug-likeness (QED) is 0.816. The smallest absolute Gasteiger partial charge is 0.0165 e. The molecule has 2 atom stereocenters. The van der Waals surface area contributed by atoms with E-state index in [1.54, 1.807) is 11.1 Å². The van der Waals surface area contributed by atoms with Crippen molar-refractivity contribution >= 4 is 0 Å². The average Bonchev–Trinajstić information content (AvgIpc) is 2.48. The first-order chi connectivity index (χ1) is 9.66. The van der Waals surface area contributed by atoms with E-state index in [0.717, 1.165) is 12.1 Å². The van der Waals surface area contributed by atoms with E-state index in [0.29, 0.717) is 5.92 Å². The van der Waals surface area contributed by atoms with Crippen LogP contribution in [0.2, 0.25) is 0 Å². The normalized spacial score (nSPS) is 28.6. The van der Waals surface area contributed by atoms with Crippen LogP contribution in [-0.4, -0.2) is 49.1 Å². The molecule has 0 amide bonds. The molecule has 0 saturated carbocycles. The summed E-state index contributed by atoms with van der Waals surface area (Å²) >= 11 is 0. The third-order valence-electron chi connectivity index (χ3n) is 5.53. The Kier molecular flexibility index (Phi) is 4.13. The largest absolute Gasteiger partial charge is 0.306 e. The standard InChI is InChI=1S/C18H28N2/c1-14-17-7-5-4-6-15(17)8-9-18(14)20-12-10-16(11-13-20)19(2)3/h4-7,14,16,18H,8-13H2,1-3H3. The minimum absolute atomic E-state index is 0.691. The molecule has 1 aromatic carbocycles. The maximum atomic E-state index is 2.76. The second kappa shape index (κ2) is 5.87. The number of fused-ring (bicyclic) bond motifs is 1. The summed E-state index contributed by atoms with van der Waals surface area (Å²) in [4.78, 5) is 5.16. The maximum Gasteiger partial charge on any atom is 0.0165 e. The summed E-state index contributed by atoms with van der Waals surface area (Å²) in [6.07, 6.45) is 5.26. The van der Waals surface area contributed by atoms with Crippen LogP contribution < -0.4 is 0 Å². The first-order valence-corrected chi connectivity index (χ1v) is 8.15. The third-order valence-corrected chi connectivity index (χ3v) is 5.53. The summed E-state index contributed by atoms with van der Waals surface area (Å²) in [5.41, 5.74) is 3.18. The molecule has 0 aromatic heterocycles. The molecule has 110 valence electrons. The van der Waals surface area contributed by atoms with Crippen LogP contribution in [0.1, 0.15) is 43.2 Å². The van der Waals surface area contributed by atoms with Gasteiger partial charge in [-0.25, -0.2) is 0 Å². The van der Waals surface area contributed by atoms with Crippen LogP contribution in [0.25, 0.3) is 0 Å². The van der Waals surface area contributed by atoms with Gasteiger partial charge in [0.1, 0.15) is 0 Å². The van der Waals surface area contributed by atoms with Gasteiger partial charge in [-0.1, -0.05) is 31.2 Å². The van der Waals surface area contributed by atoms with E-state index in [-0.39, 0.29) is 0 Å². The van der Waals surface area contributed by atoms with Crippen LogP contribution in [0.3, 0.4) is 0 Å². The van der Waals surface area contributed by atoms with Crippen molar-refractivity contribution in [3.05, 3.63) is 35.4 Å². The van der Waals surface area contributed by atoms with Crippen molar-refractivity contribution in [1.29, 1.82) is 0 Å². The highest BCUT2D eigenvalue weighted by atomic mass is 15.2. The van der Waals surface area contributed by atoms with Crippen molar-refractivity contribution in [1.82, 2.24) is 9.80 Å². The zero-order valence-corrected chi connectivity index (χ0v) is 13.2. The second-order valence-electron chi connectivity index (χ2n) is 6.82. The van der Waals surface area contributed by atoms with E-state index >= 15 is 0 Å². The van der Waals surface area contributed by atoms with Crippen molar-refractivity contribution in [2.75, 3.05) is 27.2 Å². The molecule has 2 nitrogen and oxygen atoms in total. The lowest BCUT2D eigenvalue weighted by Crippen LogP contribution is -2.49. The molecule has 0 N–H and O–H groups in total. The molecule has 1 fully saturated rings. The fourth-order valence-corrected chi connectivity index (χ4v) is 4.20. The highest BCUT2D eigenvalue weighted by Crippen LogP contribution is 2.35. The number of likely N-dealkylation sites (tertiary alicyclic amines) is 1. The zero-order valence-electron chi connectivity index (χ0n) is 13.2. The van der Waals surface area contributed by atoms with Crippen LogP contribution in [-0.2, 0) is 6.42 Å². The van der Waals surface area contributed by atoms with Gasteiger partial charge in [0.05, 0.1) is 0 Å². The average molecular weight is 272 g/mol. The Morgan fingerprint density at radius 3 is 2.45 bits per heavy atom. The minimum atomic E-state index is 0.691. The van der Waals surface area contributed by atoms with Gasteiger partial charge in [0, 0.05) is 12.1 Å². The summed E-state index contributed by atoms with van der Waals surface area (Å²) in [5, 5.41) is 0. The fraction of sp³-hybridized carbons (Fsp3) is 0.667. The molecule has 0 spiro atoms. The molecule has 1 aliphatic carbocycles. The molecule has 20 heavy (non-hydrogen) atoms. The van der Waals surface area contributed by atoms with Gasteiger partial charge in [0.25, 0.3) is 0 Å². The Balaban J connectivity index is 1.68. The third kappa shape index (κ3) is 2.64. The molecule has 2 aliphatic rings. The molecule has 1 saturated heterocycles. The van der Waals surface area contributed by atoms with E-state index in [1.165, 1.54) is 38.8 Å². The van der Waals surface area contributed by atoms with Gasteiger partial charge < -0.3 is 4.90 Å². The summed E-state index contributed by atoms with van der Waals surface area (Å²) < 4.78 is 0. The second-order valence-corrected chi connectivity index (χ2v) is 6.82. The number of hydrogen-bond acceptors (Lipinski definition) is 2. The van der Waals surface area contributed by atoms with Gasteiger partial charge in [-0.2, -0.15) is 0 Å². The number of benzene rings is 1. The molecule has 0 radical (unpaired) electrons. The Labute approximate surface area is 123 Å². The van der Waals surface area contributed by atoms with Crippen molar-refractivity contribution < 1.29 is 0 Å². The predicted molar refractivity (Wildman–Crippen MR) is 85.2 cm³/mol. The molecule has 2 heteroatoms. The minimum Gasteiger partial charge on any atom is -0.306 e. The molecule has 0 bridgehead atoms. The first-order valence-electron chi connectivity index (χ1n) is 8.15. The fourth-order valence-electron chi connectivity index (χ4n) is 4.20. The lowest BCUT2D eigenvalue weighted by atomic mass is 9.79. The zero-order chi connectivity index (χ0) is 14.1. The Morgan fingerprint density at radius 1 is 1.05 bits per heavy atom. The molecular weight excluding hydrogens is 244 g/mol. The van der Waals surface area contributed by atoms with Crippen molar-refractivity contribution in [3.63, 3.8) is 0 Å². The van der Waals surface area contributed by atoms with E-state index in [9.17, 15) is 0 Å². The molecule has 1 aliphatic heterocycles. The first kappa shape index (κ1) is 14.1. The highest BCUT2D eigenvalue weighted by molar-refractivity contribution is 5.33. The highest BCUT2D eigenvalue weighted by Gasteiger charge is 2.32. The van der Waals surface area contributed by atoms with Gasteiger partial charge in [0.2, 0.25) is 0 Å². The molecule has 2 unspecified atom stereocenters. The van der Waals surface area contributed by atoms with Crippen LogP contribution >= 0.6 is 0 Å². The van der Waals surface area contributed by atoms with Crippen molar-refractivity contribution in [2.24, 2.45) is 0 Å². The van der Waals surface area contributed by atoms with E-state index in [1.807, 2.05) is 0 Å².